The van der Waals surface area contributed by atoms with Crippen molar-refractivity contribution in [3.63, 3.8) is 0 Å². The first-order valence-corrected chi connectivity index (χ1v) is 16.7. The van der Waals surface area contributed by atoms with Crippen LogP contribution in [0, 0.1) is 25.7 Å². The zero-order valence-electron chi connectivity index (χ0n) is 27.9. The third-order valence-electron chi connectivity index (χ3n) is 9.37. The van der Waals surface area contributed by atoms with Crippen LogP contribution in [-0.4, -0.2) is 79.5 Å². The van der Waals surface area contributed by atoms with Gasteiger partial charge in [0.15, 0.2) is 0 Å². The molecule has 2 aliphatic carbocycles. The molecule has 1 amide bonds. The number of fused-ring (bicyclic) bond motifs is 1. The normalized spacial score (nSPS) is 20.3. The third-order valence-corrected chi connectivity index (χ3v) is 9.37. The van der Waals surface area contributed by atoms with Crippen LogP contribution in [0.3, 0.4) is 0 Å². The zero-order valence-corrected chi connectivity index (χ0v) is 27.9. The average Bonchev–Trinajstić information content (AvgIpc) is 3.91. The minimum absolute atomic E-state index is 0. The molecule has 2 saturated heterocycles. The summed E-state index contributed by atoms with van der Waals surface area (Å²) in [5, 5.41) is 17.2. The van der Waals surface area contributed by atoms with Gasteiger partial charge >= 0.3 is 18.9 Å². The Morgan fingerprint density at radius 1 is 0.812 bits per heavy atom. The smallest absolute Gasteiger partial charge is 0.543 e. The van der Waals surface area contributed by atoms with Crippen molar-refractivity contribution in [2.45, 2.75) is 70.9 Å². The van der Waals surface area contributed by atoms with Gasteiger partial charge in [-0.3, -0.25) is 4.79 Å². The van der Waals surface area contributed by atoms with Crippen molar-refractivity contribution in [3.05, 3.63) is 65.9 Å². The standard InChI is InChI=1S/C21H25N7O.C13H17N3O2.Li/c1-13-7-17(12-28-10-14(2)24-20(13)28)26-21(29)18-8-23-19(9-22-18)27-6-5-16(11-27)25-15-3-4-15;17-13(18)11-6-15-12(7-14-11)16-4-3-10(8-16)5-9-1-2-9;/h7-10,12,15-16,25H,3-6,11H2,1-2H3,(H,26,29);6-7,9-10H,1-5,8H2,(H,17,18);/q;;+1/p-1/t16-;10-;/m10./s1. The molecule has 246 valence electrons. The Morgan fingerprint density at radius 3 is 2.15 bits per heavy atom. The molecule has 0 unspecified atom stereocenters. The van der Waals surface area contributed by atoms with Crippen LogP contribution in [0.25, 0.3) is 5.65 Å². The first-order chi connectivity index (χ1) is 22.8. The Labute approximate surface area is 292 Å². The average molecular weight is 645 g/mol. The first-order valence-electron chi connectivity index (χ1n) is 16.7. The minimum Gasteiger partial charge on any atom is -0.543 e. The number of carbonyl (C=O) groups excluding carboxylic acids is 2. The molecule has 48 heavy (non-hydrogen) atoms. The van der Waals surface area contributed by atoms with Gasteiger partial charge in [0.25, 0.3) is 5.91 Å². The van der Waals surface area contributed by atoms with Crippen molar-refractivity contribution >= 4 is 34.8 Å². The summed E-state index contributed by atoms with van der Waals surface area (Å²) in [5.74, 6) is 1.78. The van der Waals surface area contributed by atoms with Crippen molar-refractivity contribution in [2.24, 2.45) is 11.8 Å². The van der Waals surface area contributed by atoms with E-state index in [1.165, 1.54) is 50.9 Å². The van der Waals surface area contributed by atoms with Gasteiger partial charge in [-0.1, -0.05) is 12.8 Å². The molecule has 2 N–H and O–H groups in total. The largest absolute Gasteiger partial charge is 1.00 e. The third kappa shape index (κ3) is 8.32. The topological polar surface area (TPSA) is 157 Å². The fourth-order valence-electron chi connectivity index (χ4n) is 6.59. The number of carboxylic acids is 1. The number of hydrogen-bond acceptors (Lipinski definition) is 11. The quantitative estimate of drug-likeness (QED) is 0.233. The van der Waals surface area contributed by atoms with Gasteiger partial charge in [0.05, 0.1) is 42.1 Å². The number of rotatable bonds is 9. The van der Waals surface area contributed by atoms with E-state index in [1.54, 1.807) is 12.4 Å². The predicted octanol–water partition coefficient (Wildman–Crippen LogP) is -0.205. The molecule has 4 aliphatic rings. The summed E-state index contributed by atoms with van der Waals surface area (Å²) in [6.07, 6.45) is 18.9. The molecule has 0 spiro atoms. The number of aromatic carboxylic acids is 1. The van der Waals surface area contributed by atoms with E-state index in [4.69, 9.17) is 0 Å². The fraction of sp³-hybridized carbons (Fsp3) is 0.500. The molecule has 14 heteroatoms. The second-order valence-corrected chi connectivity index (χ2v) is 13.4. The van der Waals surface area contributed by atoms with E-state index < -0.39 is 5.97 Å². The number of anilines is 3. The van der Waals surface area contributed by atoms with Gasteiger partial charge in [-0.25, -0.2) is 24.9 Å². The molecule has 0 aromatic carbocycles. The number of nitrogens with zero attached hydrogens (tertiary/aromatic N) is 8. The number of carbonyl (C=O) groups is 2. The molecule has 0 bridgehead atoms. The summed E-state index contributed by atoms with van der Waals surface area (Å²) in [6, 6.07) is 3.15. The number of aryl methyl sites for hydroxylation is 2. The van der Waals surface area contributed by atoms with Crippen molar-refractivity contribution in [1.29, 1.82) is 0 Å². The van der Waals surface area contributed by atoms with Gasteiger partial charge in [-0.05, 0) is 69.4 Å². The number of amides is 1. The summed E-state index contributed by atoms with van der Waals surface area (Å²) in [4.78, 5) is 49.0. The summed E-state index contributed by atoms with van der Waals surface area (Å²) in [5.41, 5.74) is 3.74. The maximum atomic E-state index is 12.6. The Balaban J connectivity index is 0.000000182. The maximum absolute atomic E-state index is 12.6. The van der Waals surface area contributed by atoms with Gasteiger partial charge in [0, 0.05) is 50.7 Å². The van der Waals surface area contributed by atoms with E-state index in [0.29, 0.717) is 23.5 Å². The van der Waals surface area contributed by atoms with Crippen LogP contribution in [0.2, 0.25) is 0 Å². The number of pyridine rings is 1. The van der Waals surface area contributed by atoms with Crippen LogP contribution >= 0.6 is 0 Å². The van der Waals surface area contributed by atoms with E-state index in [2.05, 4.69) is 45.4 Å². The first kappa shape index (κ1) is 33.8. The Kier molecular flexibility index (Phi) is 10.3. The van der Waals surface area contributed by atoms with Crippen LogP contribution in [0.15, 0.2) is 43.2 Å². The van der Waals surface area contributed by atoms with E-state index in [0.717, 1.165) is 73.0 Å². The number of imidazole rings is 1. The fourth-order valence-corrected chi connectivity index (χ4v) is 6.59. The second kappa shape index (κ2) is 14.6. The van der Waals surface area contributed by atoms with Crippen LogP contribution in [0.4, 0.5) is 17.3 Å². The molecule has 2 saturated carbocycles. The van der Waals surface area contributed by atoms with Crippen molar-refractivity contribution < 1.29 is 33.6 Å². The minimum atomic E-state index is -1.28. The van der Waals surface area contributed by atoms with Gasteiger partial charge in [-0.15, -0.1) is 0 Å². The van der Waals surface area contributed by atoms with Gasteiger partial charge in [0.1, 0.15) is 28.7 Å². The van der Waals surface area contributed by atoms with Crippen molar-refractivity contribution in [3.8, 4) is 0 Å². The Bertz CT molecular complexity index is 1740. The maximum Gasteiger partial charge on any atom is 1.00 e. The molecular weight excluding hydrogens is 603 g/mol. The van der Waals surface area contributed by atoms with Crippen LogP contribution in [0.1, 0.15) is 77.2 Å². The molecule has 2 atom stereocenters. The van der Waals surface area contributed by atoms with Crippen molar-refractivity contribution in [1.82, 2.24) is 34.6 Å². The van der Waals surface area contributed by atoms with Crippen molar-refractivity contribution in [2.75, 3.05) is 41.3 Å². The summed E-state index contributed by atoms with van der Waals surface area (Å²) >= 11 is 0. The van der Waals surface area contributed by atoms with Gasteiger partial charge < -0.3 is 34.7 Å². The number of aromatic nitrogens is 6. The number of carboxylic acid groups (broad SMARTS) is 1. The van der Waals surface area contributed by atoms with E-state index in [1.807, 2.05) is 36.7 Å². The van der Waals surface area contributed by atoms with E-state index >= 15 is 0 Å². The SMILES string of the molecule is Cc1cn2cc(NC(=O)c3cnc(N4CC[C@@H](NC5CC5)C4)cn3)cc(C)c2n1.O=C([O-])c1cnc(N2CC[C@@H](CC3CC3)C2)cn1.[Li+]. The second-order valence-electron chi connectivity index (χ2n) is 13.4. The molecular formula is C34H41LiN10O3. The molecule has 0 radical (unpaired) electrons. The number of hydrogen-bond donors (Lipinski definition) is 2. The number of nitrogens with one attached hydrogen (secondary N) is 2. The Hall–Kier alpha value is -4.05. The summed E-state index contributed by atoms with van der Waals surface area (Å²) < 4.78 is 1.93. The molecule has 4 aromatic rings. The molecule has 4 fully saturated rings. The van der Waals surface area contributed by atoms with Gasteiger partial charge in [0.2, 0.25) is 0 Å². The summed E-state index contributed by atoms with van der Waals surface area (Å²) in [7, 11) is 0. The van der Waals surface area contributed by atoms with E-state index in [-0.39, 0.29) is 30.5 Å². The predicted molar refractivity (Wildman–Crippen MR) is 175 cm³/mol. The molecule has 2 aliphatic heterocycles. The van der Waals surface area contributed by atoms with Crippen LogP contribution in [0.5, 0.6) is 0 Å². The van der Waals surface area contributed by atoms with Crippen LogP contribution < -0.4 is 44.4 Å². The summed E-state index contributed by atoms with van der Waals surface area (Å²) in [6.45, 7) is 7.86. The molecule has 4 aromatic heterocycles. The van der Waals surface area contributed by atoms with E-state index in [9.17, 15) is 14.7 Å². The zero-order chi connectivity index (χ0) is 32.5. The van der Waals surface area contributed by atoms with Crippen LogP contribution in [-0.2, 0) is 0 Å². The monoisotopic (exact) mass is 644 g/mol. The molecule has 13 nitrogen and oxygen atoms in total. The Morgan fingerprint density at radius 2 is 1.50 bits per heavy atom. The van der Waals surface area contributed by atoms with Gasteiger partial charge in [-0.2, -0.15) is 0 Å². The molecule has 6 heterocycles. The molecule has 8 rings (SSSR count).